The molecule has 3 heterocycles. The molecule has 1 aromatic heterocycles. The number of nitrogens with one attached hydrogen (secondary N) is 2. The summed E-state index contributed by atoms with van der Waals surface area (Å²) in [6.45, 7) is 3.81. The Morgan fingerprint density at radius 3 is 2.44 bits per heavy atom. The highest BCUT2D eigenvalue weighted by molar-refractivity contribution is 7.93. The number of carbonyl (C=O) groups excluding carboxylic acids is 1. The van der Waals surface area contributed by atoms with Crippen molar-refractivity contribution >= 4 is 44.7 Å². The monoisotopic (exact) mass is 542 g/mol. The number of hydrogen-bond acceptors (Lipinski definition) is 9. The van der Waals surface area contributed by atoms with E-state index in [4.69, 9.17) is 4.74 Å². The molecule has 39 heavy (non-hydrogen) atoms. The molecule has 0 saturated carbocycles. The first-order chi connectivity index (χ1) is 19.0. The van der Waals surface area contributed by atoms with Crippen molar-refractivity contribution in [2.75, 3.05) is 47.8 Å². The van der Waals surface area contributed by atoms with Gasteiger partial charge < -0.3 is 20.3 Å². The summed E-state index contributed by atoms with van der Waals surface area (Å²) in [5.74, 6) is -0.307. The van der Waals surface area contributed by atoms with E-state index in [9.17, 15) is 13.2 Å². The van der Waals surface area contributed by atoms with Gasteiger partial charge in [-0.1, -0.05) is 18.2 Å². The number of fused-ring (bicyclic) bond motifs is 3. The summed E-state index contributed by atoms with van der Waals surface area (Å²) in [6, 6.07) is 21.5. The molecule has 6 rings (SSSR count). The Labute approximate surface area is 226 Å². The van der Waals surface area contributed by atoms with Crippen molar-refractivity contribution in [2.24, 2.45) is 0 Å². The summed E-state index contributed by atoms with van der Waals surface area (Å²) >= 11 is 0. The Bertz CT molecular complexity index is 1640. The Morgan fingerprint density at radius 1 is 0.974 bits per heavy atom. The van der Waals surface area contributed by atoms with Crippen LogP contribution < -0.4 is 19.8 Å². The minimum absolute atomic E-state index is 0.0238. The number of benzene rings is 3. The van der Waals surface area contributed by atoms with Crippen LogP contribution in [0.25, 0.3) is 11.3 Å². The third-order valence-corrected chi connectivity index (χ3v) is 8.51. The molecule has 2 aliphatic rings. The summed E-state index contributed by atoms with van der Waals surface area (Å²) in [7, 11) is -2.81. The Balaban J connectivity index is 1.39. The highest BCUT2D eigenvalue weighted by atomic mass is 32.2. The maximum absolute atomic E-state index is 13.9. The number of aromatic nitrogens is 2. The topological polar surface area (TPSA) is 117 Å². The Morgan fingerprint density at radius 2 is 1.72 bits per heavy atom. The molecule has 0 aliphatic carbocycles. The molecule has 198 valence electrons. The molecule has 1 saturated heterocycles. The maximum atomic E-state index is 13.9. The Kier molecular flexibility index (Phi) is 6.37. The van der Waals surface area contributed by atoms with Crippen LogP contribution in [0.2, 0.25) is 0 Å². The van der Waals surface area contributed by atoms with Crippen LogP contribution >= 0.6 is 0 Å². The minimum atomic E-state index is -4.09. The lowest BCUT2D eigenvalue weighted by Gasteiger charge is -2.31. The molecule has 0 radical (unpaired) electrons. The molecular weight excluding hydrogens is 516 g/mol. The largest absolute Gasteiger partial charge is 0.465 e. The predicted molar refractivity (Wildman–Crippen MR) is 149 cm³/mol. The highest BCUT2D eigenvalue weighted by Crippen LogP contribution is 2.46. The van der Waals surface area contributed by atoms with Crippen LogP contribution in [0.15, 0.2) is 83.9 Å². The fourth-order valence-electron chi connectivity index (χ4n) is 4.83. The van der Waals surface area contributed by atoms with Gasteiger partial charge in [-0.25, -0.2) is 27.5 Å². The summed E-state index contributed by atoms with van der Waals surface area (Å²) in [5, 5.41) is 6.54. The van der Waals surface area contributed by atoms with Crippen LogP contribution in [0.1, 0.15) is 10.4 Å². The van der Waals surface area contributed by atoms with Crippen LogP contribution in [0.4, 0.5) is 28.7 Å². The van der Waals surface area contributed by atoms with Crippen LogP contribution in [0.3, 0.4) is 0 Å². The number of piperazine rings is 1. The van der Waals surface area contributed by atoms with Gasteiger partial charge in [0.05, 0.1) is 35.9 Å². The van der Waals surface area contributed by atoms with Gasteiger partial charge in [0, 0.05) is 43.1 Å². The molecule has 0 spiro atoms. The molecule has 0 unspecified atom stereocenters. The first-order valence-electron chi connectivity index (χ1n) is 12.5. The van der Waals surface area contributed by atoms with E-state index in [0.29, 0.717) is 16.9 Å². The first kappa shape index (κ1) is 24.8. The number of methoxy groups -OCH3 is 1. The van der Waals surface area contributed by atoms with Crippen molar-refractivity contribution in [1.82, 2.24) is 15.3 Å². The van der Waals surface area contributed by atoms with Gasteiger partial charge >= 0.3 is 5.97 Å². The molecule has 11 heteroatoms. The van der Waals surface area contributed by atoms with Crippen LogP contribution in [0, 0.1) is 0 Å². The van der Waals surface area contributed by atoms with Gasteiger partial charge in [-0.05, 0) is 54.6 Å². The van der Waals surface area contributed by atoms with Crippen molar-refractivity contribution in [1.29, 1.82) is 0 Å². The SMILES string of the molecule is COC(=O)c1ccc2c(c1)N(c1ccccc1)S(=O)(=O)c1cnc(Nc3ccc(N4CCNCC4)cc3)nc1-2. The van der Waals surface area contributed by atoms with Crippen LogP contribution in [-0.4, -0.2) is 57.6 Å². The minimum Gasteiger partial charge on any atom is -0.465 e. The van der Waals surface area contributed by atoms with Crippen molar-refractivity contribution < 1.29 is 17.9 Å². The van der Waals surface area contributed by atoms with Crippen LogP contribution in [-0.2, 0) is 14.8 Å². The van der Waals surface area contributed by atoms with Crippen molar-refractivity contribution in [3.63, 3.8) is 0 Å². The second-order valence-corrected chi connectivity index (χ2v) is 10.9. The van der Waals surface area contributed by atoms with Gasteiger partial charge in [0.15, 0.2) is 0 Å². The van der Waals surface area contributed by atoms with Crippen LogP contribution in [0.5, 0.6) is 0 Å². The number of para-hydroxylation sites is 1. The van der Waals surface area contributed by atoms with Crippen molar-refractivity contribution in [2.45, 2.75) is 4.90 Å². The zero-order chi connectivity index (χ0) is 27.0. The number of carbonyl (C=O) groups is 1. The van der Waals surface area contributed by atoms with Gasteiger partial charge in [0.25, 0.3) is 10.0 Å². The predicted octanol–water partition coefficient (Wildman–Crippen LogP) is 3.92. The number of ether oxygens (including phenoxy) is 1. The molecular formula is C28H26N6O4S. The van der Waals surface area contributed by atoms with E-state index in [2.05, 4.69) is 25.5 Å². The van der Waals surface area contributed by atoms with Gasteiger partial charge in [-0.3, -0.25) is 0 Å². The van der Waals surface area contributed by atoms with Crippen molar-refractivity contribution in [3.8, 4) is 11.3 Å². The lowest BCUT2D eigenvalue weighted by molar-refractivity contribution is 0.0600. The average molecular weight is 543 g/mol. The third kappa shape index (κ3) is 4.55. The molecule has 0 amide bonds. The van der Waals surface area contributed by atoms with Gasteiger partial charge in [-0.15, -0.1) is 0 Å². The van der Waals surface area contributed by atoms with Crippen molar-refractivity contribution in [3.05, 3.63) is 84.6 Å². The molecule has 2 aliphatic heterocycles. The summed E-state index contributed by atoms with van der Waals surface area (Å²) in [5.41, 5.74) is 3.68. The van der Waals surface area contributed by atoms with Gasteiger partial charge in [0.2, 0.25) is 5.95 Å². The molecule has 10 nitrogen and oxygen atoms in total. The normalized spacial score (nSPS) is 15.7. The second kappa shape index (κ2) is 10.0. The quantitative estimate of drug-likeness (QED) is 0.362. The number of nitrogens with zero attached hydrogens (tertiary/aromatic N) is 4. The van der Waals surface area contributed by atoms with E-state index in [0.717, 1.165) is 37.6 Å². The number of rotatable bonds is 5. The fourth-order valence-corrected chi connectivity index (χ4v) is 6.43. The molecule has 3 aromatic carbocycles. The number of esters is 1. The lowest BCUT2D eigenvalue weighted by atomic mass is 10.0. The van der Waals surface area contributed by atoms with E-state index in [1.807, 2.05) is 24.3 Å². The van der Waals surface area contributed by atoms with E-state index in [1.54, 1.807) is 42.5 Å². The number of sulfonamides is 1. The summed E-state index contributed by atoms with van der Waals surface area (Å²) in [6.07, 6.45) is 1.32. The molecule has 2 N–H and O–H groups in total. The lowest BCUT2D eigenvalue weighted by Crippen LogP contribution is -2.43. The zero-order valence-corrected chi connectivity index (χ0v) is 22.0. The molecule has 4 aromatic rings. The Hall–Kier alpha value is -4.48. The summed E-state index contributed by atoms with van der Waals surface area (Å²) < 4.78 is 33.8. The fraction of sp³-hybridized carbons (Fsp3) is 0.179. The standard InChI is InChI=1S/C28H26N6O4S/c1-38-27(35)19-7-12-23-24(17-19)34(22-5-3-2-4-6-22)39(36,37)25-18-30-28(32-26(23)25)31-20-8-10-21(11-9-20)33-15-13-29-14-16-33/h2-12,17-18,29H,13-16H2,1H3,(H,30,31,32). The summed E-state index contributed by atoms with van der Waals surface area (Å²) in [4.78, 5) is 23.5. The molecule has 1 fully saturated rings. The highest BCUT2D eigenvalue weighted by Gasteiger charge is 2.38. The maximum Gasteiger partial charge on any atom is 0.337 e. The zero-order valence-electron chi connectivity index (χ0n) is 21.2. The number of hydrogen-bond donors (Lipinski definition) is 2. The third-order valence-electron chi connectivity index (χ3n) is 6.76. The van der Waals surface area contributed by atoms with Gasteiger partial charge in [-0.2, -0.15) is 0 Å². The second-order valence-electron chi connectivity index (χ2n) is 9.14. The smallest absolute Gasteiger partial charge is 0.337 e. The van der Waals surface area contributed by atoms with E-state index in [1.165, 1.54) is 23.7 Å². The van der Waals surface area contributed by atoms with E-state index < -0.39 is 16.0 Å². The van der Waals surface area contributed by atoms with Gasteiger partial charge in [0.1, 0.15) is 4.90 Å². The average Bonchev–Trinajstić information content (AvgIpc) is 2.97. The molecule has 0 atom stereocenters. The van der Waals surface area contributed by atoms with E-state index >= 15 is 0 Å². The first-order valence-corrected chi connectivity index (χ1v) is 13.9. The number of anilines is 5. The molecule has 0 bridgehead atoms. The van der Waals surface area contributed by atoms with E-state index in [-0.39, 0.29) is 22.1 Å².